The van der Waals surface area contributed by atoms with E-state index in [0.717, 1.165) is 12.0 Å². The molecule has 4 aliphatic rings. The predicted octanol–water partition coefficient (Wildman–Crippen LogP) is 6.18. The summed E-state index contributed by atoms with van der Waals surface area (Å²) in [5.74, 6) is -7.96. The first kappa shape index (κ1) is 54.2. The number of esters is 1. The van der Waals surface area contributed by atoms with Crippen LogP contribution in [-0.4, -0.2) is 132 Å². The lowest BCUT2D eigenvalue weighted by Crippen LogP contribution is -2.61. The van der Waals surface area contributed by atoms with Crippen molar-refractivity contribution in [2.75, 3.05) is 27.9 Å². The monoisotopic (exact) mass is 914 g/mol. The molecule has 1 aliphatic carbocycles. The topological polar surface area (TPSA) is 195 Å². The molecule has 1 saturated carbocycles. The van der Waals surface area contributed by atoms with Gasteiger partial charge in [-0.25, -0.2) is 4.79 Å². The summed E-state index contributed by atoms with van der Waals surface area (Å²) in [6.07, 6.45) is 11.2. The molecule has 0 unspecified atom stereocenters. The van der Waals surface area contributed by atoms with Gasteiger partial charge in [0, 0.05) is 58.5 Å². The van der Waals surface area contributed by atoms with Crippen LogP contribution in [0.4, 0.5) is 0 Å². The van der Waals surface area contributed by atoms with Gasteiger partial charge in [0.1, 0.15) is 30.1 Å². The van der Waals surface area contributed by atoms with E-state index >= 15 is 0 Å². The molecule has 0 radical (unpaired) electrons. The molecule has 0 aromatic heterocycles. The maximum atomic E-state index is 14.4. The fraction of sp³-hybridized carbons (Fsp3) is 0.745. The van der Waals surface area contributed by atoms with E-state index in [1.165, 1.54) is 12.0 Å². The molecule has 0 spiro atoms. The second kappa shape index (κ2) is 25.1. The van der Waals surface area contributed by atoms with Gasteiger partial charge in [-0.05, 0) is 107 Å². The first-order chi connectivity index (χ1) is 30.7. The Morgan fingerprint density at radius 2 is 1.57 bits per heavy atom. The molecule has 14 heteroatoms. The number of fused-ring (bicyclic) bond motifs is 3. The lowest BCUT2D eigenvalue weighted by molar-refractivity contribution is -0.265. The standard InChI is InChI=1S/C51H79NO13/c1-30-16-12-11-13-17-31(2)42(61-8)28-38-21-19-36(7)51(60,65-38)48(57)49(58)52-23-15-14-18-39(52)50(59)64-43(33(4)26-37-20-22-40(53)44(27-37)62-9)29-41(54)32(3)25-35(6)46(56)47(63-10)45(55)34(5)24-30/h11-13,16-17,25,30,32-34,36-40,42-44,46-47,53,56,60H,14-15,18-24,26-29H2,1-10H3/b13-11+,16-12-,31-17+,35-25+/t30-,32-,33-,34-,36-,37-,38+,39+,40-,42+,43+,44-,46-,47+,51-/m1/s1. The SMILES string of the molecule is CO[C@H]1C[C@@H]2CC[C@@H](C)[C@@](O)(O2)C(=O)C(=O)N2CCCC[C@H]2C(=O)O[C@H]([C@H](C)C[C@H]2CC[C@@H](O)[C@H](OC)C2)CC(=O)[C@H](C)/C=C(\C)[C@@H](O)[C@@H](OC)C(=O)[C@H](C)C[C@H](C)\C=C/C=C/C=C/1C. The molecule has 3 N–H and O–H groups in total. The maximum absolute atomic E-state index is 14.4. The van der Waals surface area contributed by atoms with Crippen molar-refractivity contribution < 1.29 is 63.0 Å². The summed E-state index contributed by atoms with van der Waals surface area (Å²) in [5.41, 5.74) is 1.27. The second-order valence-electron chi connectivity index (χ2n) is 19.6. The van der Waals surface area contributed by atoms with Gasteiger partial charge in [0.15, 0.2) is 5.78 Å². The van der Waals surface area contributed by atoms with E-state index in [4.69, 9.17) is 23.7 Å². The van der Waals surface area contributed by atoms with E-state index in [-0.39, 0.29) is 54.8 Å². The maximum Gasteiger partial charge on any atom is 0.329 e. The van der Waals surface area contributed by atoms with Crippen molar-refractivity contribution in [3.8, 4) is 0 Å². The molecule has 366 valence electrons. The smallest absolute Gasteiger partial charge is 0.329 e. The van der Waals surface area contributed by atoms with Crippen LogP contribution < -0.4 is 0 Å². The molecule has 1 amide bonds. The Hall–Kier alpha value is -3.37. The zero-order valence-corrected chi connectivity index (χ0v) is 40.6. The van der Waals surface area contributed by atoms with Gasteiger partial charge in [-0.3, -0.25) is 19.2 Å². The third-order valence-electron chi connectivity index (χ3n) is 14.5. The van der Waals surface area contributed by atoms with Crippen molar-refractivity contribution in [2.24, 2.45) is 35.5 Å². The molecule has 4 rings (SSSR count). The average Bonchev–Trinajstić information content (AvgIpc) is 3.28. The molecule has 3 aliphatic heterocycles. The molecule has 15 atom stereocenters. The van der Waals surface area contributed by atoms with Crippen molar-refractivity contribution in [3.05, 3.63) is 47.6 Å². The molecule has 2 saturated heterocycles. The Bertz CT molecular complexity index is 1760. The Labute approximate surface area is 387 Å². The van der Waals surface area contributed by atoms with E-state index in [1.54, 1.807) is 41.1 Å². The van der Waals surface area contributed by atoms with Crippen molar-refractivity contribution >= 4 is 29.2 Å². The summed E-state index contributed by atoms with van der Waals surface area (Å²) in [7, 11) is 4.52. The second-order valence-corrected chi connectivity index (χ2v) is 19.6. The quantitative estimate of drug-likeness (QED) is 0.156. The predicted molar refractivity (Wildman–Crippen MR) is 245 cm³/mol. The fourth-order valence-corrected chi connectivity index (χ4v) is 10.1. The van der Waals surface area contributed by atoms with Crippen LogP contribution in [0.1, 0.15) is 126 Å². The van der Waals surface area contributed by atoms with Crippen LogP contribution in [-0.2, 0) is 47.7 Å². The van der Waals surface area contributed by atoms with Crippen LogP contribution in [0.15, 0.2) is 47.6 Å². The Balaban J connectivity index is 1.70. The largest absolute Gasteiger partial charge is 0.460 e. The molecule has 2 bridgehead atoms. The number of carbonyl (C=O) groups excluding carboxylic acids is 5. The Morgan fingerprint density at radius 3 is 2.25 bits per heavy atom. The molecule has 65 heavy (non-hydrogen) atoms. The summed E-state index contributed by atoms with van der Waals surface area (Å²) in [5, 5.41) is 33.8. The van der Waals surface area contributed by atoms with E-state index in [2.05, 4.69) is 0 Å². The summed E-state index contributed by atoms with van der Waals surface area (Å²) in [4.78, 5) is 71.8. The number of rotatable bonds is 6. The van der Waals surface area contributed by atoms with Crippen LogP contribution in [0.5, 0.6) is 0 Å². The van der Waals surface area contributed by atoms with E-state index in [0.29, 0.717) is 63.4 Å². The lowest BCUT2D eigenvalue weighted by atomic mass is 9.78. The minimum Gasteiger partial charge on any atom is -0.460 e. The fourth-order valence-electron chi connectivity index (χ4n) is 10.1. The highest BCUT2D eigenvalue weighted by Crippen LogP contribution is 2.38. The van der Waals surface area contributed by atoms with Crippen LogP contribution >= 0.6 is 0 Å². The zero-order chi connectivity index (χ0) is 48.2. The van der Waals surface area contributed by atoms with E-state index in [9.17, 15) is 39.3 Å². The van der Waals surface area contributed by atoms with Gasteiger partial charge in [-0.1, -0.05) is 71.1 Å². The number of hydrogen-bond acceptors (Lipinski definition) is 13. The first-order valence-electron chi connectivity index (χ1n) is 23.9. The third kappa shape index (κ3) is 14.3. The van der Waals surface area contributed by atoms with Gasteiger partial charge in [0.2, 0.25) is 5.79 Å². The van der Waals surface area contributed by atoms with Crippen molar-refractivity contribution in [2.45, 2.75) is 180 Å². The number of ether oxygens (including phenoxy) is 5. The molecule has 3 fully saturated rings. The summed E-state index contributed by atoms with van der Waals surface area (Å²) >= 11 is 0. The number of cyclic esters (lactones) is 1. The number of carbonyl (C=O) groups is 5. The minimum absolute atomic E-state index is 0.0193. The third-order valence-corrected chi connectivity index (χ3v) is 14.5. The van der Waals surface area contributed by atoms with Crippen LogP contribution in [0.25, 0.3) is 0 Å². The Morgan fingerprint density at radius 1 is 0.846 bits per heavy atom. The number of piperidine rings is 1. The minimum atomic E-state index is -2.43. The van der Waals surface area contributed by atoms with Gasteiger partial charge in [-0.15, -0.1) is 0 Å². The van der Waals surface area contributed by atoms with E-state index < -0.39 is 83.9 Å². The van der Waals surface area contributed by atoms with Crippen molar-refractivity contribution in [1.82, 2.24) is 4.90 Å². The van der Waals surface area contributed by atoms with Crippen LogP contribution in [0.2, 0.25) is 0 Å². The van der Waals surface area contributed by atoms with Gasteiger partial charge in [0.25, 0.3) is 11.7 Å². The summed E-state index contributed by atoms with van der Waals surface area (Å²) < 4.78 is 29.4. The van der Waals surface area contributed by atoms with Crippen molar-refractivity contribution in [1.29, 1.82) is 0 Å². The van der Waals surface area contributed by atoms with Gasteiger partial charge in [0.05, 0.1) is 24.4 Å². The normalized spacial score (nSPS) is 40.4. The highest BCUT2D eigenvalue weighted by atomic mass is 16.6. The summed E-state index contributed by atoms with van der Waals surface area (Å²) in [6.45, 7) is 12.7. The number of Topliss-reactive ketones (excluding diaryl/α,β-unsaturated/α-hetero) is 3. The highest BCUT2D eigenvalue weighted by molar-refractivity contribution is 6.39. The first-order valence-corrected chi connectivity index (χ1v) is 23.9. The molecule has 14 nitrogen and oxygen atoms in total. The molecular formula is C51H79NO13. The molecule has 0 aromatic carbocycles. The number of nitrogens with zero attached hydrogens (tertiary/aromatic N) is 1. The number of amides is 1. The van der Waals surface area contributed by atoms with Crippen molar-refractivity contribution in [3.63, 3.8) is 0 Å². The van der Waals surface area contributed by atoms with Gasteiger partial charge >= 0.3 is 5.97 Å². The van der Waals surface area contributed by atoms with Crippen LogP contribution in [0.3, 0.4) is 0 Å². The lowest BCUT2D eigenvalue weighted by Gasteiger charge is -2.42. The van der Waals surface area contributed by atoms with Gasteiger partial charge < -0.3 is 43.9 Å². The number of hydrogen-bond donors (Lipinski definition) is 3. The molecular weight excluding hydrogens is 835 g/mol. The van der Waals surface area contributed by atoms with Crippen LogP contribution in [0, 0.1) is 35.5 Å². The zero-order valence-electron chi connectivity index (χ0n) is 40.6. The summed E-state index contributed by atoms with van der Waals surface area (Å²) in [6, 6.07) is -1.14. The Kier molecular flexibility index (Phi) is 21.0. The number of methoxy groups -OCH3 is 3. The number of aliphatic hydroxyl groups is 3. The average molecular weight is 914 g/mol. The molecule has 3 heterocycles. The number of allylic oxidation sites excluding steroid dienone is 6. The van der Waals surface area contributed by atoms with E-state index in [1.807, 2.05) is 58.1 Å². The number of ketones is 3. The van der Waals surface area contributed by atoms with Gasteiger partial charge in [-0.2, -0.15) is 0 Å². The highest BCUT2D eigenvalue weighted by Gasteiger charge is 2.53. The number of aliphatic hydroxyl groups excluding tert-OH is 2. The molecule has 0 aromatic rings.